The minimum Gasteiger partial charge on any atom is -0.308 e. The second kappa shape index (κ2) is 8.92. The first-order valence-electron chi connectivity index (χ1n) is 8.14. The highest BCUT2D eigenvalue weighted by atomic mass is 35.5. The Labute approximate surface area is 182 Å². The summed E-state index contributed by atoms with van der Waals surface area (Å²) in [5.74, 6) is 0. The molecule has 0 aliphatic heterocycles. The Morgan fingerprint density at radius 3 is 1.66 bits per heavy atom. The molecule has 0 spiro atoms. The zero-order valence-electron chi connectivity index (χ0n) is 14.6. The Bertz CT molecular complexity index is 1120. The SMILES string of the molecule is O=C(Nc1ccc(Cl)cc1)Nc1ccc(S(=O)(=O)Nc2cc(Cl)cc(Cl)c2)cc1. The predicted molar refractivity (Wildman–Crippen MR) is 118 cm³/mol. The zero-order valence-corrected chi connectivity index (χ0v) is 17.7. The van der Waals surface area contributed by atoms with E-state index in [-0.39, 0.29) is 10.6 Å². The van der Waals surface area contributed by atoms with Gasteiger partial charge in [-0.15, -0.1) is 0 Å². The number of amides is 2. The predicted octanol–water partition coefficient (Wildman–Crippen LogP) is 6.09. The van der Waals surface area contributed by atoms with Crippen LogP contribution in [0.2, 0.25) is 15.1 Å². The van der Waals surface area contributed by atoms with Crippen molar-refractivity contribution in [2.45, 2.75) is 4.90 Å². The smallest absolute Gasteiger partial charge is 0.308 e. The molecule has 0 radical (unpaired) electrons. The highest BCUT2D eigenvalue weighted by molar-refractivity contribution is 7.92. The molecular formula is C19H14Cl3N3O3S. The molecule has 10 heteroatoms. The van der Waals surface area contributed by atoms with Crippen molar-refractivity contribution in [3.63, 3.8) is 0 Å². The van der Waals surface area contributed by atoms with Crippen molar-refractivity contribution < 1.29 is 13.2 Å². The molecule has 0 unspecified atom stereocenters. The van der Waals surface area contributed by atoms with Gasteiger partial charge in [-0.2, -0.15) is 0 Å². The van der Waals surface area contributed by atoms with E-state index in [1.807, 2.05) is 0 Å². The van der Waals surface area contributed by atoms with Crippen LogP contribution in [-0.4, -0.2) is 14.4 Å². The lowest BCUT2D eigenvalue weighted by Gasteiger charge is -2.11. The maximum Gasteiger partial charge on any atom is 0.323 e. The van der Waals surface area contributed by atoms with Gasteiger partial charge in [0.2, 0.25) is 0 Å². The molecule has 3 aromatic rings. The summed E-state index contributed by atoms with van der Waals surface area (Å²) in [6, 6.07) is 16.2. The molecule has 3 N–H and O–H groups in total. The molecule has 0 heterocycles. The Morgan fingerprint density at radius 2 is 1.14 bits per heavy atom. The standard InChI is InChI=1S/C19H14Cl3N3O3S/c20-12-1-3-15(4-2-12)23-19(26)24-16-5-7-18(8-6-16)29(27,28)25-17-10-13(21)9-14(22)11-17/h1-11,25H,(H2,23,24,26). The molecule has 0 aliphatic rings. The van der Waals surface area contributed by atoms with Crippen molar-refractivity contribution in [1.82, 2.24) is 0 Å². The van der Waals surface area contributed by atoms with Gasteiger partial charge in [0.15, 0.2) is 0 Å². The fraction of sp³-hybridized carbons (Fsp3) is 0. The second-order valence-corrected chi connectivity index (χ2v) is 8.87. The summed E-state index contributed by atoms with van der Waals surface area (Å²) in [6.07, 6.45) is 0. The number of benzene rings is 3. The quantitative estimate of drug-likeness (QED) is 0.421. The fourth-order valence-electron chi connectivity index (χ4n) is 2.37. The van der Waals surface area contributed by atoms with E-state index in [2.05, 4.69) is 15.4 Å². The summed E-state index contributed by atoms with van der Waals surface area (Å²) in [6.45, 7) is 0. The molecule has 0 atom stereocenters. The molecule has 0 saturated carbocycles. The van der Waals surface area contributed by atoms with Crippen molar-refractivity contribution in [2.75, 3.05) is 15.4 Å². The third-order valence-corrected chi connectivity index (χ3v) is 5.72. The van der Waals surface area contributed by atoms with Gasteiger partial charge < -0.3 is 10.6 Å². The lowest BCUT2D eigenvalue weighted by atomic mass is 10.3. The number of carbonyl (C=O) groups is 1. The molecule has 0 bridgehead atoms. The Balaban J connectivity index is 1.67. The average Bonchev–Trinajstić information content (AvgIpc) is 2.63. The number of urea groups is 1. The van der Waals surface area contributed by atoms with Crippen molar-refractivity contribution in [3.05, 3.63) is 81.8 Å². The van der Waals surface area contributed by atoms with Gasteiger partial charge in [0.05, 0.1) is 10.6 Å². The van der Waals surface area contributed by atoms with E-state index in [1.165, 1.54) is 42.5 Å². The van der Waals surface area contributed by atoms with Gasteiger partial charge in [-0.3, -0.25) is 4.72 Å². The molecule has 0 aromatic heterocycles. The van der Waals surface area contributed by atoms with Gasteiger partial charge in [0.1, 0.15) is 0 Å². The third kappa shape index (κ3) is 6.01. The van der Waals surface area contributed by atoms with Crippen LogP contribution in [0.1, 0.15) is 0 Å². The highest BCUT2D eigenvalue weighted by Gasteiger charge is 2.15. The van der Waals surface area contributed by atoms with Gasteiger partial charge in [0, 0.05) is 26.4 Å². The first kappa shape index (κ1) is 21.3. The van der Waals surface area contributed by atoms with E-state index in [1.54, 1.807) is 24.3 Å². The highest BCUT2D eigenvalue weighted by Crippen LogP contribution is 2.25. The number of sulfonamides is 1. The van der Waals surface area contributed by atoms with Crippen LogP contribution >= 0.6 is 34.8 Å². The van der Waals surface area contributed by atoms with Gasteiger partial charge in [0.25, 0.3) is 10.0 Å². The fourth-order valence-corrected chi connectivity index (χ4v) is 4.06. The first-order valence-corrected chi connectivity index (χ1v) is 10.8. The summed E-state index contributed by atoms with van der Waals surface area (Å²) in [7, 11) is -3.85. The minimum absolute atomic E-state index is 0.0113. The molecule has 0 aliphatic carbocycles. The zero-order chi connectivity index (χ0) is 21.0. The van der Waals surface area contributed by atoms with Crippen molar-refractivity contribution >= 4 is 67.9 Å². The number of rotatable bonds is 5. The number of carbonyl (C=O) groups excluding carboxylic acids is 1. The van der Waals surface area contributed by atoms with E-state index < -0.39 is 16.1 Å². The van der Waals surface area contributed by atoms with Crippen LogP contribution in [0.15, 0.2) is 71.6 Å². The van der Waals surface area contributed by atoms with E-state index in [0.29, 0.717) is 26.4 Å². The number of hydrogen-bond donors (Lipinski definition) is 3. The van der Waals surface area contributed by atoms with Crippen LogP contribution in [0.25, 0.3) is 0 Å². The van der Waals surface area contributed by atoms with Crippen LogP contribution in [0.5, 0.6) is 0 Å². The molecular weight excluding hydrogens is 457 g/mol. The van der Waals surface area contributed by atoms with Gasteiger partial charge >= 0.3 is 6.03 Å². The normalized spacial score (nSPS) is 11.0. The van der Waals surface area contributed by atoms with Crippen LogP contribution in [0, 0.1) is 0 Å². The Hall–Kier alpha value is -2.45. The molecule has 29 heavy (non-hydrogen) atoms. The van der Waals surface area contributed by atoms with Gasteiger partial charge in [-0.1, -0.05) is 34.8 Å². The summed E-state index contributed by atoms with van der Waals surface area (Å²) in [5.41, 5.74) is 1.23. The minimum atomic E-state index is -3.85. The molecule has 6 nitrogen and oxygen atoms in total. The van der Waals surface area contributed by atoms with E-state index in [0.717, 1.165) is 0 Å². The van der Waals surface area contributed by atoms with E-state index in [9.17, 15) is 13.2 Å². The maximum absolute atomic E-state index is 12.5. The van der Waals surface area contributed by atoms with Crippen molar-refractivity contribution in [2.24, 2.45) is 0 Å². The molecule has 150 valence electrons. The molecule has 2 amide bonds. The maximum atomic E-state index is 12.5. The van der Waals surface area contributed by atoms with Crippen LogP contribution in [0.4, 0.5) is 21.9 Å². The summed E-state index contributed by atoms with van der Waals surface area (Å²) < 4.78 is 27.4. The van der Waals surface area contributed by atoms with E-state index in [4.69, 9.17) is 34.8 Å². The average molecular weight is 471 g/mol. The van der Waals surface area contributed by atoms with Crippen LogP contribution in [-0.2, 0) is 10.0 Å². The monoisotopic (exact) mass is 469 g/mol. The van der Waals surface area contributed by atoms with Crippen LogP contribution < -0.4 is 15.4 Å². The van der Waals surface area contributed by atoms with Gasteiger partial charge in [-0.25, -0.2) is 13.2 Å². The Kier molecular flexibility index (Phi) is 6.54. The first-order chi connectivity index (χ1) is 13.7. The molecule has 3 aromatic carbocycles. The molecule has 3 rings (SSSR count). The summed E-state index contributed by atoms with van der Waals surface area (Å²) >= 11 is 17.6. The number of hydrogen-bond acceptors (Lipinski definition) is 3. The number of anilines is 3. The van der Waals surface area contributed by atoms with Crippen molar-refractivity contribution in [1.29, 1.82) is 0 Å². The number of nitrogens with one attached hydrogen (secondary N) is 3. The lowest BCUT2D eigenvalue weighted by molar-refractivity contribution is 0.262. The summed E-state index contributed by atoms with van der Waals surface area (Å²) in [4.78, 5) is 12.1. The molecule has 0 fully saturated rings. The summed E-state index contributed by atoms with van der Waals surface area (Å²) in [5, 5.41) is 6.43. The van der Waals surface area contributed by atoms with Crippen LogP contribution in [0.3, 0.4) is 0 Å². The Morgan fingerprint density at radius 1 is 0.655 bits per heavy atom. The van der Waals surface area contributed by atoms with Crippen molar-refractivity contribution in [3.8, 4) is 0 Å². The van der Waals surface area contributed by atoms with E-state index >= 15 is 0 Å². The third-order valence-electron chi connectivity index (χ3n) is 3.64. The van der Waals surface area contributed by atoms with Gasteiger partial charge in [-0.05, 0) is 66.7 Å². The topological polar surface area (TPSA) is 87.3 Å². The molecule has 0 saturated heterocycles. The largest absolute Gasteiger partial charge is 0.323 e. The number of halogens is 3. The second-order valence-electron chi connectivity index (χ2n) is 5.87. The lowest BCUT2D eigenvalue weighted by Crippen LogP contribution is -2.19.